The highest BCUT2D eigenvalue weighted by Crippen LogP contribution is 2.61. The van der Waals surface area contributed by atoms with Gasteiger partial charge in [0.2, 0.25) is 5.91 Å². The molecule has 392 valence electrons. The van der Waals surface area contributed by atoms with Crippen LogP contribution in [0.3, 0.4) is 0 Å². The van der Waals surface area contributed by atoms with Crippen molar-refractivity contribution >= 4 is 50.2 Å². The molecule has 4 aliphatic heterocycles. The summed E-state index contributed by atoms with van der Waals surface area (Å²) >= 11 is 0. The number of nitrogens with one attached hydrogen (secondary N) is 2. The fourth-order valence-electron chi connectivity index (χ4n) is 15.8. The van der Waals surface area contributed by atoms with E-state index >= 15 is 4.79 Å². The van der Waals surface area contributed by atoms with Crippen molar-refractivity contribution in [1.29, 1.82) is 0 Å². The number of nitrogens with two attached hydrogens (primary N) is 1. The van der Waals surface area contributed by atoms with Gasteiger partial charge in [-0.05, 0) is 119 Å². The Morgan fingerprint density at radius 1 is 1.11 bits per heavy atom. The van der Waals surface area contributed by atoms with E-state index in [0.717, 1.165) is 54.4 Å². The van der Waals surface area contributed by atoms with Gasteiger partial charge < -0.3 is 55.6 Å². The SMILES string of the molecule is CC=C(CCO)C(=O)OC1(C)C(CO)C=C2CSSC3CC4C(=O)C=CC5C(C4NC)C3N5C(=O)CC3=C(C=C(N)NC3)C2C12Cc1cc3cc(C45CCCCC4CCC(O)C5CCCO)c(=O)oc3cc1O2. The van der Waals surface area contributed by atoms with E-state index in [1.165, 1.54) is 0 Å². The van der Waals surface area contributed by atoms with Gasteiger partial charge in [0.15, 0.2) is 17.0 Å². The van der Waals surface area contributed by atoms with Crippen molar-refractivity contribution in [3.63, 3.8) is 0 Å². The van der Waals surface area contributed by atoms with E-state index in [2.05, 4.69) is 10.6 Å². The first-order valence-electron chi connectivity index (χ1n) is 26.6. The Balaban J connectivity index is 1.07. The zero-order valence-corrected chi connectivity index (χ0v) is 43.6. The number of hydrogen-bond acceptors (Lipinski definition) is 16. The molecular weight excluding hydrogens is 969 g/mol. The highest BCUT2D eigenvalue weighted by Gasteiger charge is 2.68. The van der Waals surface area contributed by atoms with Crippen LogP contribution in [-0.2, 0) is 31.0 Å². The van der Waals surface area contributed by atoms with Crippen LogP contribution in [-0.4, -0.2) is 123 Å². The molecule has 73 heavy (non-hydrogen) atoms. The van der Waals surface area contributed by atoms with Crippen molar-refractivity contribution < 1.29 is 48.7 Å². The number of fused-ring (bicyclic) bond motifs is 8. The molecule has 1 amide bonds. The smallest absolute Gasteiger partial charge is 0.340 e. The van der Waals surface area contributed by atoms with Crippen LogP contribution in [0.1, 0.15) is 95.6 Å². The number of nitrogens with zero attached hydrogens (tertiary/aromatic N) is 1. The summed E-state index contributed by atoms with van der Waals surface area (Å²) in [5.41, 5.74) is 6.90. The number of ether oxygens (including phenoxy) is 2. The third-order valence-electron chi connectivity index (χ3n) is 19.1. The van der Waals surface area contributed by atoms with Crippen LogP contribution >= 0.6 is 21.6 Å². The van der Waals surface area contributed by atoms with Gasteiger partial charge in [-0.3, -0.25) is 9.59 Å². The quantitative estimate of drug-likeness (QED) is 0.0544. The maximum absolute atomic E-state index is 15.1. The van der Waals surface area contributed by atoms with E-state index in [0.29, 0.717) is 59.5 Å². The predicted octanol–water partition coefficient (Wildman–Crippen LogP) is 5.03. The highest BCUT2D eigenvalue weighted by molar-refractivity contribution is 8.77. The number of benzene rings is 1. The zero-order valence-electron chi connectivity index (χ0n) is 42.0. The first kappa shape index (κ1) is 50.8. The maximum Gasteiger partial charge on any atom is 0.340 e. The largest absolute Gasteiger partial charge is 0.481 e. The molecule has 1 aromatic carbocycles. The number of aliphatic hydroxyl groups is 4. The van der Waals surface area contributed by atoms with Crippen molar-refractivity contribution in [3.05, 3.63) is 98.2 Å². The number of rotatable bonds is 10. The van der Waals surface area contributed by atoms with Crippen molar-refractivity contribution in [2.75, 3.05) is 39.2 Å². The number of amides is 1. The number of ketones is 1. The summed E-state index contributed by atoms with van der Waals surface area (Å²) in [4.78, 5) is 60.0. The first-order valence-corrected chi connectivity index (χ1v) is 29.0. The van der Waals surface area contributed by atoms with Gasteiger partial charge in [-0.2, -0.15) is 0 Å². The molecule has 11 rings (SSSR count). The lowest BCUT2D eigenvalue weighted by Crippen LogP contribution is -2.75. The minimum atomic E-state index is -1.60. The average Bonchev–Trinajstić information content (AvgIpc) is 3.74. The van der Waals surface area contributed by atoms with Gasteiger partial charge in [0.25, 0.3) is 0 Å². The summed E-state index contributed by atoms with van der Waals surface area (Å²) in [5.74, 6) is -1.07. The molecule has 14 unspecified atom stereocenters. The fourth-order valence-corrected chi connectivity index (χ4v) is 18.8. The van der Waals surface area contributed by atoms with Gasteiger partial charge in [0, 0.05) is 95.4 Å². The molecule has 1 saturated heterocycles. The number of dihydropyridines is 1. The molecule has 15 nitrogen and oxygen atoms in total. The summed E-state index contributed by atoms with van der Waals surface area (Å²) in [6.45, 7) is 3.09. The molecule has 5 heterocycles. The Kier molecular flexibility index (Phi) is 13.7. The van der Waals surface area contributed by atoms with Gasteiger partial charge in [-0.25, -0.2) is 9.59 Å². The van der Waals surface area contributed by atoms with E-state index in [1.54, 1.807) is 46.7 Å². The van der Waals surface area contributed by atoms with E-state index < -0.39 is 52.8 Å². The monoisotopic (exact) mass is 1040 g/mol. The minimum absolute atomic E-state index is 0.00606. The van der Waals surface area contributed by atoms with Crippen molar-refractivity contribution in [3.8, 4) is 5.75 Å². The number of carbonyl (C=O) groups is 3. The molecule has 2 aromatic rings. The Bertz CT molecular complexity index is 2810. The Morgan fingerprint density at radius 3 is 2.71 bits per heavy atom. The van der Waals surface area contributed by atoms with Crippen LogP contribution in [0.4, 0.5) is 0 Å². The second-order valence-corrected chi connectivity index (χ2v) is 24.9. The lowest BCUT2D eigenvalue weighted by atomic mass is 9.50. The van der Waals surface area contributed by atoms with Gasteiger partial charge >= 0.3 is 11.6 Å². The predicted molar refractivity (Wildman–Crippen MR) is 279 cm³/mol. The third-order valence-corrected chi connectivity index (χ3v) is 21.9. The molecule has 9 aliphatic rings. The second kappa shape index (κ2) is 19.6. The second-order valence-electron chi connectivity index (χ2n) is 22.3. The van der Waals surface area contributed by atoms with E-state index in [4.69, 9.17) is 19.6 Å². The highest BCUT2D eigenvalue weighted by atomic mass is 33.1. The van der Waals surface area contributed by atoms with Crippen molar-refractivity contribution in [1.82, 2.24) is 15.5 Å². The molecule has 1 spiro atoms. The molecule has 0 radical (unpaired) electrons. The summed E-state index contributed by atoms with van der Waals surface area (Å²) in [6.07, 6.45) is 15.6. The number of hydrogen-bond donors (Lipinski definition) is 7. The normalized spacial score (nSPS) is 37.8. The number of aliphatic hydroxyl groups excluding tert-OH is 4. The van der Waals surface area contributed by atoms with Crippen LogP contribution in [0.5, 0.6) is 5.75 Å². The standard InChI is InChI=1S/C56H70N4O11S2/c1-4-29(14-17-62)52(67)71-54(2)35(27-63)19-33-28-72-73-45-22-37-41(64)13-11-40-48(50(37)58-3)51(45)60(40)47(66)21-32-26-59-46(57)23-36(32)49(33)56(54)25-31-18-30-20-39(53(68)69-43(30)24-44(31)70-56)55-15-6-5-8-34(55)10-12-42(65)38(55)9-7-16-61/h4,11,13,18-20,23-24,34-35,37-38,40,42,45,48-51,58-59,61-63,65H,5-10,12,14-17,21-22,25-28,57H2,1-3H3. The Hall–Kier alpha value is -4.36. The van der Waals surface area contributed by atoms with Crippen molar-refractivity contribution in [2.45, 2.75) is 137 Å². The average molecular weight is 1040 g/mol. The summed E-state index contributed by atoms with van der Waals surface area (Å²) < 4.78 is 20.7. The topological polar surface area (TPSA) is 234 Å². The Morgan fingerprint density at radius 2 is 1.95 bits per heavy atom. The number of esters is 1. The van der Waals surface area contributed by atoms with Crippen LogP contribution in [0, 0.1) is 35.5 Å². The van der Waals surface area contributed by atoms with E-state index in [9.17, 15) is 34.8 Å². The Labute approximate surface area is 433 Å². The van der Waals surface area contributed by atoms with E-state index in [1.807, 2.05) is 49.2 Å². The molecule has 8 N–H and O–H groups in total. The molecule has 3 saturated carbocycles. The first-order chi connectivity index (χ1) is 35.2. The van der Waals surface area contributed by atoms with Crippen LogP contribution in [0.25, 0.3) is 11.0 Å². The molecular formula is C56H70N4O11S2. The van der Waals surface area contributed by atoms with Gasteiger partial charge in [0.05, 0.1) is 43.0 Å². The van der Waals surface area contributed by atoms with E-state index in [-0.39, 0.29) is 103 Å². The lowest BCUT2D eigenvalue weighted by molar-refractivity contribution is -0.202. The van der Waals surface area contributed by atoms with Gasteiger partial charge in [-0.1, -0.05) is 58.2 Å². The molecule has 5 aliphatic carbocycles. The summed E-state index contributed by atoms with van der Waals surface area (Å²) in [7, 11) is 5.26. The van der Waals surface area contributed by atoms with Gasteiger partial charge in [0.1, 0.15) is 11.3 Å². The lowest BCUT2D eigenvalue weighted by Gasteiger charge is -2.62. The fraction of sp³-hybridized carbons (Fsp3) is 0.607. The summed E-state index contributed by atoms with van der Waals surface area (Å²) in [6, 6.07) is 5.32. The van der Waals surface area contributed by atoms with Crippen LogP contribution in [0.2, 0.25) is 0 Å². The number of allylic oxidation sites excluding steroid dienone is 3. The maximum atomic E-state index is 15.1. The zero-order chi connectivity index (χ0) is 51.1. The molecule has 4 fully saturated rings. The van der Waals surface area contributed by atoms with Crippen molar-refractivity contribution in [2.24, 2.45) is 41.2 Å². The minimum Gasteiger partial charge on any atom is -0.481 e. The molecule has 1 aromatic heterocycles. The molecule has 17 heteroatoms. The van der Waals surface area contributed by atoms with Gasteiger partial charge in [-0.15, -0.1) is 0 Å². The van der Waals surface area contributed by atoms with Crippen LogP contribution in [0.15, 0.2) is 85.9 Å². The number of carbonyl (C=O) groups excluding carboxylic acids is 3. The van der Waals surface area contributed by atoms with Crippen LogP contribution < -0.4 is 26.7 Å². The third kappa shape index (κ3) is 7.94. The molecule has 14 atom stereocenters. The molecule has 2 bridgehead atoms. The summed E-state index contributed by atoms with van der Waals surface area (Å²) in [5, 5.41) is 50.7.